The Morgan fingerprint density at radius 1 is 1.19 bits per heavy atom. The molecule has 0 saturated heterocycles. The SMILES string of the molecule is COc1cc(/C=C(\C#N)c2ccc(Cl)cc2)cc(I)c1OCC(=O)Nc1cccc(C)c1. The van der Waals surface area contributed by atoms with Gasteiger partial charge in [0.1, 0.15) is 0 Å². The Bertz CT molecular complexity index is 1200. The van der Waals surface area contributed by atoms with E-state index in [2.05, 4.69) is 34.0 Å². The lowest BCUT2D eigenvalue weighted by molar-refractivity contribution is -0.118. The van der Waals surface area contributed by atoms with Crippen LogP contribution in [0, 0.1) is 21.8 Å². The van der Waals surface area contributed by atoms with Crippen molar-refractivity contribution >= 4 is 57.4 Å². The molecule has 5 nitrogen and oxygen atoms in total. The molecular formula is C25H20ClIN2O3. The molecule has 0 radical (unpaired) electrons. The van der Waals surface area contributed by atoms with Crippen LogP contribution in [0.1, 0.15) is 16.7 Å². The van der Waals surface area contributed by atoms with Gasteiger partial charge in [-0.15, -0.1) is 0 Å². The minimum atomic E-state index is -0.271. The summed E-state index contributed by atoms with van der Waals surface area (Å²) in [5.74, 6) is 0.668. The van der Waals surface area contributed by atoms with E-state index in [1.807, 2.05) is 37.3 Å². The summed E-state index contributed by atoms with van der Waals surface area (Å²) in [6.45, 7) is 1.80. The number of carbonyl (C=O) groups excluding carboxylic acids is 1. The zero-order chi connectivity index (χ0) is 23.1. The van der Waals surface area contributed by atoms with Crippen LogP contribution in [0.15, 0.2) is 60.7 Å². The molecule has 0 atom stereocenters. The average molecular weight is 559 g/mol. The highest BCUT2D eigenvalue weighted by atomic mass is 127. The number of aryl methyl sites for hydroxylation is 1. The summed E-state index contributed by atoms with van der Waals surface area (Å²) in [4.78, 5) is 12.3. The first-order chi connectivity index (χ1) is 15.4. The summed E-state index contributed by atoms with van der Waals surface area (Å²) >= 11 is 8.06. The monoisotopic (exact) mass is 558 g/mol. The Morgan fingerprint density at radius 3 is 2.59 bits per heavy atom. The van der Waals surface area contributed by atoms with Crippen LogP contribution in [0.5, 0.6) is 11.5 Å². The third-order valence-electron chi connectivity index (χ3n) is 4.49. The molecule has 3 aromatic carbocycles. The van der Waals surface area contributed by atoms with E-state index in [1.165, 1.54) is 7.11 Å². The Labute approximate surface area is 205 Å². The number of nitriles is 1. The molecule has 3 rings (SSSR count). The number of anilines is 1. The van der Waals surface area contributed by atoms with E-state index in [9.17, 15) is 10.1 Å². The molecule has 1 N–H and O–H groups in total. The second kappa shape index (κ2) is 11.0. The predicted octanol–water partition coefficient (Wildman–Crippen LogP) is 6.34. The number of allylic oxidation sites excluding steroid dienone is 1. The largest absolute Gasteiger partial charge is 0.493 e. The normalized spacial score (nSPS) is 10.9. The quantitative estimate of drug-likeness (QED) is 0.209. The second-order valence-electron chi connectivity index (χ2n) is 6.92. The molecule has 0 aromatic heterocycles. The van der Waals surface area contributed by atoms with Crippen LogP contribution in [-0.2, 0) is 4.79 Å². The van der Waals surface area contributed by atoms with Crippen LogP contribution in [0.3, 0.4) is 0 Å². The number of benzene rings is 3. The summed E-state index contributed by atoms with van der Waals surface area (Å²) < 4.78 is 12.0. The molecule has 7 heteroatoms. The first kappa shape index (κ1) is 23.6. The molecule has 0 aliphatic rings. The maximum absolute atomic E-state index is 12.3. The van der Waals surface area contributed by atoms with Gasteiger partial charge in [-0.1, -0.05) is 35.9 Å². The molecule has 3 aromatic rings. The first-order valence-corrected chi connectivity index (χ1v) is 11.1. The van der Waals surface area contributed by atoms with Crippen LogP contribution >= 0.6 is 34.2 Å². The van der Waals surface area contributed by atoms with Crippen LogP contribution in [0.2, 0.25) is 5.02 Å². The van der Waals surface area contributed by atoms with Gasteiger partial charge in [0.05, 0.1) is 22.3 Å². The van der Waals surface area contributed by atoms with Gasteiger partial charge >= 0.3 is 0 Å². The predicted molar refractivity (Wildman–Crippen MR) is 136 cm³/mol. The highest BCUT2D eigenvalue weighted by Crippen LogP contribution is 2.35. The molecule has 162 valence electrons. The zero-order valence-electron chi connectivity index (χ0n) is 17.5. The maximum Gasteiger partial charge on any atom is 0.262 e. The fourth-order valence-electron chi connectivity index (χ4n) is 3.00. The van der Waals surface area contributed by atoms with Crippen LogP contribution in [0.25, 0.3) is 11.6 Å². The van der Waals surface area contributed by atoms with Crippen LogP contribution < -0.4 is 14.8 Å². The Kier molecular flexibility index (Phi) is 8.14. The molecule has 0 unspecified atom stereocenters. The number of amides is 1. The van der Waals surface area contributed by atoms with E-state index in [0.717, 1.165) is 20.3 Å². The summed E-state index contributed by atoms with van der Waals surface area (Å²) in [5, 5.41) is 13.0. The van der Waals surface area contributed by atoms with Gasteiger partial charge in [-0.25, -0.2) is 0 Å². The molecule has 0 aliphatic carbocycles. The number of methoxy groups -OCH3 is 1. The summed E-state index contributed by atoms with van der Waals surface area (Å²) in [6, 6.07) is 20.5. The van der Waals surface area contributed by atoms with Crippen molar-refractivity contribution in [3.05, 3.63) is 85.9 Å². The van der Waals surface area contributed by atoms with Gasteiger partial charge in [0.25, 0.3) is 5.91 Å². The Morgan fingerprint density at radius 2 is 1.94 bits per heavy atom. The lowest BCUT2D eigenvalue weighted by atomic mass is 10.0. The second-order valence-corrected chi connectivity index (χ2v) is 8.52. The van der Waals surface area contributed by atoms with Crippen molar-refractivity contribution < 1.29 is 14.3 Å². The van der Waals surface area contributed by atoms with E-state index in [0.29, 0.717) is 27.8 Å². The molecule has 0 heterocycles. The number of halogens is 2. The van der Waals surface area contributed by atoms with Crippen LogP contribution in [-0.4, -0.2) is 19.6 Å². The average Bonchev–Trinajstić information content (AvgIpc) is 2.77. The third kappa shape index (κ3) is 6.25. The van der Waals surface area contributed by atoms with E-state index in [-0.39, 0.29) is 12.5 Å². The molecule has 0 fully saturated rings. The fraction of sp³-hybridized carbons (Fsp3) is 0.120. The van der Waals surface area contributed by atoms with Gasteiger partial charge in [-0.05, 0) is 88.7 Å². The summed E-state index contributed by atoms with van der Waals surface area (Å²) in [7, 11) is 1.53. The highest BCUT2D eigenvalue weighted by molar-refractivity contribution is 14.1. The zero-order valence-corrected chi connectivity index (χ0v) is 20.4. The highest BCUT2D eigenvalue weighted by Gasteiger charge is 2.14. The number of hydrogen-bond acceptors (Lipinski definition) is 4. The van der Waals surface area contributed by atoms with Crippen molar-refractivity contribution in [3.8, 4) is 17.6 Å². The Hall–Kier alpha value is -3.02. The molecule has 0 bridgehead atoms. The molecule has 0 aliphatic heterocycles. The number of hydrogen-bond donors (Lipinski definition) is 1. The number of carbonyl (C=O) groups is 1. The van der Waals surface area contributed by atoms with Crippen molar-refractivity contribution in [2.45, 2.75) is 6.92 Å². The van der Waals surface area contributed by atoms with Crippen molar-refractivity contribution in [2.24, 2.45) is 0 Å². The third-order valence-corrected chi connectivity index (χ3v) is 5.54. The fourth-order valence-corrected chi connectivity index (χ4v) is 3.90. The van der Waals surface area contributed by atoms with E-state index >= 15 is 0 Å². The molecular weight excluding hydrogens is 539 g/mol. The van der Waals surface area contributed by atoms with Crippen molar-refractivity contribution in [3.63, 3.8) is 0 Å². The van der Waals surface area contributed by atoms with Gasteiger partial charge in [0.15, 0.2) is 18.1 Å². The number of nitrogens with zero attached hydrogens (tertiary/aromatic N) is 1. The topological polar surface area (TPSA) is 71.3 Å². The van der Waals surface area contributed by atoms with Gasteiger partial charge < -0.3 is 14.8 Å². The lowest BCUT2D eigenvalue weighted by Gasteiger charge is -2.14. The lowest BCUT2D eigenvalue weighted by Crippen LogP contribution is -2.20. The van der Waals surface area contributed by atoms with Crippen molar-refractivity contribution in [2.75, 3.05) is 19.0 Å². The number of rotatable bonds is 7. The standard InChI is InChI=1S/C25H20ClIN2O3/c1-16-4-3-5-21(10-16)29-24(30)15-32-25-22(27)12-17(13-23(25)31-2)11-19(14-28)18-6-8-20(26)9-7-18/h3-13H,15H2,1-2H3,(H,29,30)/b19-11+. The minimum Gasteiger partial charge on any atom is -0.493 e. The van der Waals surface area contributed by atoms with E-state index in [4.69, 9.17) is 21.1 Å². The van der Waals surface area contributed by atoms with E-state index in [1.54, 1.807) is 36.4 Å². The maximum atomic E-state index is 12.3. The van der Waals surface area contributed by atoms with Crippen molar-refractivity contribution in [1.82, 2.24) is 0 Å². The van der Waals surface area contributed by atoms with Gasteiger partial charge in [-0.3, -0.25) is 4.79 Å². The molecule has 32 heavy (non-hydrogen) atoms. The number of nitrogens with one attached hydrogen (secondary N) is 1. The summed E-state index contributed by atoms with van der Waals surface area (Å²) in [5.41, 5.74) is 3.80. The molecule has 1 amide bonds. The molecule has 0 spiro atoms. The van der Waals surface area contributed by atoms with Crippen LogP contribution in [0.4, 0.5) is 5.69 Å². The van der Waals surface area contributed by atoms with Crippen molar-refractivity contribution in [1.29, 1.82) is 5.26 Å². The Balaban J connectivity index is 1.78. The number of ether oxygens (including phenoxy) is 2. The molecule has 0 saturated carbocycles. The van der Waals surface area contributed by atoms with Gasteiger partial charge in [0.2, 0.25) is 0 Å². The van der Waals surface area contributed by atoms with Gasteiger partial charge in [-0.2, -0.15) is 5.26 Å². The smallest absolute Gasteiger partial charge is 0.262 e. The van der Waals surface area contributed by atoms with Gasteiger partial charge in [0, 0.05) is 10.7 Å². The first-order valence-electron chi connectivity index (χ1n) is 9.64. The minimum absolute atomic E-state index is 0.163. The van der Waals surface area contributed by atoms with E-state index < -0.39 is 0 Å². The summed E-state index contributed by atoms with van der Waals surface area (Å²) in [6.07, 6.45) is 1.77.